The number of piperidine rings is 1. The van der Waals surface area contributed by atoms with Gasteiger partial charge in [-0.3, -0.25) is 9.59 Å². The molecule has 1 N–H and O–H groups in total. The second-order valence-electron chi connectivity index (χ2n) is 7.10. The Morgan fingerprint density at radius 1 is 1.14 bits per heavy atom. The average molecular weight is 400 g/mol. The summed E-state index contributed by atoms with van der Waals surface area (Å²) in [5.74, 6) is -0.958. The molecule has 0 spiro atoms. The zero-order chi connectivity index (χ0) is 20.0. The molecule has 1 aliphatic heterocycles. The SMILES string of the molecule is COCC1(C(=O)O)CCCN(C(=O)C(Sc2ccccc2)c2ccccc2)C1. The summed E-state index contributed by atoms with van der Waals surface area (Å²) in [6, 6.07) is 19.5. The van der Waals surface area contributed by atoms with Gasteiger partial charge in [-0.25, -0.2) is 0 Å². The van der Waals surface area contributed by atoms with E-state index in [1.807, 2.05) is 60.7 Å². The van der Waals surface area contributed by atoms with Gasteiger partial charge in [0.15, 0.2) is 0 Å². The molecule has 1 heterocycles. The number of thioether (sulfide) groups is 1. The molecule has 1 amide bonds. The van der Waals surface area contributed by atoms with Crippen LogP contribution < -0.4 is 0 Å². The van der Waals surface area contributed by atoms with Crippen LogP contribution in [0.1, 0.15) is 23.7 Å². The Bertz CT molecular complexity index is 795. The highest BCUT2D eigenvalue weighted by molar-refractivity contribution is 8.00. The summed E-state index contributed by atoms with van der Waals surface area (Å²) >= 11 is 1.50. The molecule has 0 aliphatic carbocycles. The number of carbonyl (C=O) groups is 2. The number of benzene rings is 2. The van der Waals surface area contributed by atoms with Crippen molar-refractivity contribution in [2.75, 3.05) is 26.8 Å². The van der Waals surface area contributed by atoms with Crippen LogP contribution in [-0.4, -0.2) is 48.7 Å². The van der Waals surface area contributed by atoms with E-state index in [9.17, 15) is 14.7 Å². The van der Waals surface area contributed by atoms with Crippen molar-refractivity contribution < 1.29 is 19.4 Å². The molecule has 1 fully saturated rings. The van der Waals surface area contributed by atoms with Gasteiger partial charge in [0.1, 0.15) is 10.7 Å². The van der Waals surface area contributed by atoms with Gasteiger partial charge >= 0.3 is 5.97 Å². The van der Waals surface area contributed by atoms with Crippen molar-refractivity contribution in [2.24, 2.45) is 5.41 Å². The Kier molecular flexibility index (Phi) is 6.75. The molecule has 2 unspecified atom stereocenters. The Morgan fingerprint density at radius 3 is 2.39 bits per heavy atom. The predicted molar refractivity (Wildman–Crippen MR) is 109 cm³/mol. The van der Waals surface area contributed by atoms with Gasteiger partial charge in [0, 0.05) is 25.1 Å². The fraction of sp³-hybridized carbons (Fsp3) is 0.364. The van der Waals surface area contributed by atoms with Gasteiger partial charge in [-0.1, -0.05) is 48.5 Å². The summed E-state index contributed by atoms with van der Waals surface area (Å²) in [6.45, 7) is 0.845. The van der Waals surface area contributed by atoms with Crippen molar-refractivity contribution in [3.8, 4) is 0 Å². The molecule has 0 saturated carbocycles. The summed E-state index contributed by atoms with van der Waals surface area (Å²) in [5.41, 5.74) is -0.124. The van der Waals surface area contributed by atoms with E-state index in [2.05, 4.69) is 0 Å². The fourth-order valence-electron chi connectivity index (χ4n) is 3.64. The van der Waals surface area contributed by atoms with Crippen molar-refractivity contribution in [3.05, 3.63) is 66.2 Å². The second-order valence-corrected chi connectivity index (χ2v) is 8.28. The lowest BCUT2D eigenvalue weighted by Gasteiger charge is -2.40. The Labute approximate surface area is 169 Å². The summed E-state index contributed by atoms with van der Waals surface area (Å²) in [4.78, 5) is 28.1. The van der Waals surface area contributed by atoms with Gasteiger partial charge in [0.25, 0.3) is 0 Å². The van der Waals surface area contributed by atoms with Crippen LogP contribution in [-0.2, 0) is 14.3 Å². The van der Waals surface area contributed by atoms with Crippen LogP contribution in [0.4, 0.5) is 0 Å². The number of likely N-dealkylation sites (tertiary alicyclic amines) is 1. The Balaban J connectivity index is 1.87. The molecule has 0 radical (unpaired) electrons. The zero-order valence-corrected chi connectivity index (χ0v) is 16.7. The maximum Gasteiger partial charge on any atom is 0.313 e. The number of hydrogen-bond donors (Lipinski definition) is 1. The molecule has 2 aromatic carbocycles. The Morgan fingerprint density at radius 2 is 1.79 bits per heavy atom. The van der Waals surface area contributed by atoms with E-state index >= 15 is 0 Å². The minimum absolute atomic E-state index is 0.0542. The van der Waals surface area contributed by atoms with Crippen molar-refractivity contribution in [1.29, 1.82) is 0 Å². The summed E-state index contributed by atoms with van der Waals surface area (Å²) < 4.78 is 5.19. The first-order valence-corrected chi connectivity index (χ1v) is 10.2. The molecule has 0 aromatic heterocycles. The molecule has 2 aromatic rings. The number of carboxylic acids is 1. The third kappa shape index (κ3) is 4.56. The lowest BCUT2D eigenvalue weighted by Crippen LogP contribution is -2.52. The van der Waals surface area contributed by atoms with Crippen LogP contribution in [0.2, 0.25) is 0 Å². The minimum Gasteiger partial charge on any atom is -0.481 e. The van der Waals surface area contributed by atoms with Crippen LogP contribution >= 0.6 is 11.8 Å². The highest BCUT2D eigenvalue weighted by Crippen LogP contribution is 2.39. The van der Waals surface area contributed by atoms with Crippen LogP contribution in [0, 0.1) is 5.41 Å². The van der Waals surface area contributed by atoms with Gasteiger partial charge in [-0.15, -0.1) is 11.8 Å². The first-order valence-electron chi connectivity index (χ1n) is 9.33. The maximum absolute atomic E-state index is 13.5. The van der Waals surface area contributed by atoms with E-state index in [1.165, 1.54) is 18.9 Å². The molecular formula is C22H25NO4S. The van der Waals surface area contributed by atoms with Crippen molar-refractivity contribution >= 4 is 23.6 Å². The number of amides is 1. The molecule has 1 aliphatic rings. The highest BCUT2D eigenvalue weighted by atomic mass is 32.2. The van der Waals surface area contributed by atoms with Crippen LogP contribution in [0.3, 0.4) is 0 Å². The second kappa shape index (κ2) is 9.26. The monoisotopic (exact) mass is 399 g/mol. The summed E-state index contributed by atoms with van der Waals surface area (Å²) in [7, 11) is 1.50. The van der Waals surface area contributed by atoms with Gasteiger partial charge < -0.3 is 14.7 Å². The smallest absolute Gasteiger partial charge is 0.313 e. The molecule has 2 atom stereocenters. The molecule has 1 saturated heterocycles. The molecule has 3 rings (SSSR count). The van der Waals surface area contributed by atoms with Gasteiger partial charge in [0.05, 0.1) is 6.61 Å². The van der Waals surface area contributed by atoms with Crippen molar-refractivity contribution in [2.45, 2.75) is 23.0 Å². The van der Waals surface area contributed by atoms with Crippen molar-refractivity contribution in [3.63, 3.8) is 0 Å². The van der Waals surface area contributed by atoms with Gasteiger partial charge in [-0.2, -0.15) is 0 Å². The number of carboxylic acid groups (broad SMARTS) is 1. The van der Waals surface area contributed by atoms with E-state index in [0.717, 1.165) is 10.5 Å². The van der Waals surface area contributed by atoms with Crippen LogP contribution in [0.25, 0.3) is 0 Å². The predicted octanol–water partition coefficient (Wildman–Crippen LogP) is 3.86. The largest absolute Gasteiger partial charge is 0.481 e. The molecule has 148 valence electrons. The number of methoxy groups -OCH3 is 1. The number of ether oxygens (including phenoxy) is 1. The third-order valence-corrected chi connectivity index (χ3v) is 6.34. The van der Waals surface area contributed by atoms with Gasteiger partial charge in [0.2, 0.25) is 5.91 Å². The fourth-order valence-corrected chi connectivity index (χ4v) is 4.77. The highest BCUT2D eigenvalue weighted by Gasteiger charge is 2.45. The molecular weight excluding hydrogens is 374 g/mol. The third-order valence-electron chi connectivity index (χ3n) is 5.09. The van der Waals surface area contributed by atoms with Crippen molar-refractivity contribution in [1.82, 2.24) is 4.90 Å². The van der Waals surface area contributed by atoms with E-state index in [0.29, 0.717) is 19.4 Å². The summed E-state index contributed by atoms with van der Waals surface area (Å²) in [6.07, 6.45) is 1.17. The standard InChI is InChI=1S/C22H25NO4S/c1-27-16-22(21(25)26)13-8-14-23(15-22)20(24)19(17-9-4-2-5-10-17)28-18-11-6-3-7-12-18/h2-7,9-12,19H,8,13-16H2,1H3,(H,25,26). The zero-order valence-electron chi connectivity index (χ0n) is 15.9. The van der Waals surface area contributed by atoms with Crippen LogP contribution in [0.15, 0.2) is 65.6 Å². The first kappa shape index (κ1) is 20.4. The number of nitrogens with zero attached hydrogens (tertiary/aromatic N) is 1. The number of hydrogen-bond acceptors (Lipinski definition) is 4. The van der Waals surface area contributed by atoms with E-state index in [-0.39, 0.29) is 19.1 Å². The number of rotatable bonds is 7. The summed E-state index contributed by atoms with van der Waals surface area (Å²) in [5, 5.41) is 9.37. The normalized spacial score (nSPS) is 20.5. The van der Waals surface area contributed by atoms with Crippen LogP contribution in [0.5, 0.6) is 0 Å². The maximum atomic E-state index is 13.5. The number of aliphatic carboxylic acids is 1. The quantitative estimate of drug-likeness (QED) is 0.716. The first-order chi connectivity index (χ1) is 13.6. The molecule has 5 nitrogen and oxygen atoms in total. The lowest BCUT2D eigenvalue weighted by molar-refractivity contribution is -0.159. The lowest BCUT2D eigenvalue weighted by atomic mass is 9.80. The topological polar surface area (TPSA) is 66.8 Å². The van der Waals surface area contributed by atoms with E-state index < -0.39 is 16.6 Å². The number of carbonyl (C=O) groups excluding carboxylic acids is 1. The molecule has 6 heteroatoms. The molecule has 28 heavy (non-hydrogen) atoms. The Hall–Kier alpha value is -2.31. The molecule has 0 bridgehead atoms. The minimum atomic E-state index is -1.04. The van der Waals surface area contributed by atoms with E-state index in [4.69, 9.17) is 4.74 Å². The van der Waals surface area contributed by atoms with Gasteiger partial charge in [-0.05, 0) is 30.5 Å². The average Bonchev–Trinajstić information content (AvgIpc) is 2.73. The van der Waals surface area contributed by atoms with E-state index in [1.54, 1.807) is 4.90 Å².